The molecule has 0 amide bonds. The zero-order valence-corrected chi connectivity index (χ0v) is 11.8. The number of aryl methyl sites for hydroxylation is 1. The number of carbonyl (C=O) groups is 1. The highest BCUT2D eigenvalue weighted by Crippen LogP contribution is 2.24. The fourth-order valence-corrected chi connectivity index (χ4v) is 2.01. The first-order valence-electron chi connectivity index (χ1n) is 6.17. The number of ketones is 1. The van der Waals surface area contributed by atoms with Crippen molar-refractivity contribution in [3.05, 3.63) is 23.0 Å². The summed E-state index contributed by atoms with van der Waals surface area (Å²) < 4.78 is 5.34. The van der Waals surface area contributed by atoms with E-state index in [1.807, 2.05) is 27.8 Å². The van der Waals surface area contributed by atoms with Crippen molar-refractivity contribution in [2.75, 3.05) is 20.7 Å². The quantitative estimate of drug-likeness (QED) is 0.834. The van der Waals surface area contributed by atoms with Crippen LogP contribution in [0.25, 0.3) is 0 Å². The molecule has 1 aromatic rings. The van der Waals surface area contributed by atoms with Crippen molar-refractivity contribution < 1.29 is 9.53 Å². The number of hydrogen-bond acceptors (Lipinski definition) is 4. The zero-order valence-electron chi connectivity index (χ0n) is 11.8. The van der Waals surface area contributed by atoms with E-state index < -0.39 is 0 Å². The molecule has 4 nitrogen and oxygen atoms in total. The van der Waals surface area contributed by atoms with Crippen LogP contribution < -0.4 is 10.1 Å². The fourth-order valence-electron chi connectivity index (χ4n) is 2.01. The van der Waals surface area contributed by atoms with Crippen molar-refractivity contribution in [2.24, 2.45) is 5.92 Å². The van der Waals surface area contributed by atoms with Gasteiger partial charge in [0.05, 0.1) is 12.8 Å². The van der Waals surface area contributed by atoms with Crippen molar-refractivity contribution in [1.82, 2.24) is 10.3 Å². The molecule has 0 aliphatic carbocycles. The SMILES string of the molecule is CNCC(C)C(=O)Cc1ncc(C)c(OC)c1C. The summed E-state index contributed by atoms with van der Waals surface area (Å²) in [7, 11) is 3.49. The minimum absolute atomic E-state index is 0.00324. The summed E-state index contributed by atoms with van der Waals surface area (Å²) in [5.74, 6) is 1.03. The third-order valence-electron chi connectivity index (χ3n) is 3.15. The highest BCUT2D eigenvalue weighted by molar-refractivity contribution is 5.83. The number of ether oxygens (including phenoxy) is 1. The van der Waals surface area contributed by atoms with Crippen molar-refractivity contribution in [3.8, 4) is 5.75 Å². The maximum Gasteiger partial charge on any atom is 0.142 e. The van der Waals surface area contributed by atoms with Gasteiger partial charge in [-0.25, -0.2) is 0 Å². The van der Waals surface area contributed by atoms with E-state index in [1.54, 1.807) is 13.3 Å². The van der Waals surface area contributed by atoms with Crippen LogP contribution >= 0.6 is 0 Å². The van der Waals surface area contributed by atoms with Crippen LogP contribution in [0.4, 0.5) is 0 Å². The van der Waals surface area contributed by atoms with E-state index in [0.717, 1.165) is 22.6 Å². The van der Waals surface area contributed by atoms with Crippen molar-refractivity contribution in [2.45, 2.75) is 27.2 Å². The van der Waals surface area contributed by atoms with Gasteiger partial charge >= 0.3 is 0 Å². The van der Waals surface area contributed by atoms with Gasteiger partial charge in [-0.3, -0.25) is 9.78 Å². The van der Waals surface area contributed by atoms with E-state index in [4.69, 9.17) is 4.74 Å². The van der Waals surface area contributed by atoms with Gasteiger partial charge in [-0.15, -0.1) is 0 Å². The second kappa shape index (κ2) is 6.50. The third-order valence-corrected chi connectivity index (χ3v) is 3.15. The standard InChI is InChI=1S/C14H22N2O2/c1-9(7-15-4)13(17)6-12-11(3)14(18-5)10(2)8-16-12/h8-9,15H,6-7H2,1-5H3. The van der Waals surface area contributed by atoms with Crippen molar-refractivity contribution in [3.63, 3.8) is 0 Å². The molecule has 0 aliphatic rings. The number of nitrogens with one attached hydrogen (secondary N) is 1. The van der Waals surface area contributed by atoms with E-state index in [9.17, 15) is 4.79 Å². The smallest absolute Gasteiger partial charge is 0.142 e. The lowest BCUT2D eigenvalue weighted by atomic mass is 9.99. The molecule has 0 fully saturated rings. The van der Waals surface area contributed by atoms with Crippen LogP contribution in [-0.2, 0) is 11.2 Å². The van der Waals surface area contributed by atoms with Gasteiger partial charge < -0.3 is 10.1 Å². The first kappa shape index (κ1) is 14.6. The Morgan fingerprint density at radius 1 is 1.50 bits per heavy atom. The largest absolute Gasteiger partial charge is 0.496 e. The predicted octanol–water partition coefficient (Wildman–Crippen LogP) is 1.67. The molecule has 0 aromatic carbocycles. The molecule has 1 atom stereocenters. The molecule has 0 aliphatic heterocycles. The Labute approximate surface area is 109 Å². The molecule has 0 radical (unpaired) electrons. The van der Waals surface area contributed by atoms with Crippen molar-refractivity contribution >= 4 is 5.78 Å². The molecule has 1 aromatic heterocycles. The van der Waals surface area contributed by atoms with Crippen LogP contribution in [0, 0.1) is 19.8 Å². The average molecular weight is 250 g/mol. The van der Waals surface area contributed by atoms with Gasteiger partial charge in [0, 0.05) is 36.2 Å². The molecule has 18 heavy (non-hydrogen) atoms. The molecule has 1 unspecified atom stereocenters. The number of aromatic nitrogens is 1. The fraction of sp³-hybridized carbons (Fsp3) is 0.571. The van der Waals surface area contributed by atoms with Crippen LogP contribution in [0.15, 0.2) is 6.20 Å². The molecule has 0 spiro atoms. The number of rotatable bonds is 6. The Hall–Kier alpha value is -1.42. The van der Waals surface area contributed by atoms with Crippen LogP contribution in [0.5, 0.6) is 5.75 Å². The van der Waals surface area contributed by atoms with E-state index in [1.165, 1.54) is 0 Å². The predicted molar refractivity (Wildman–Crippen MR) is 72.1 cm³/mol. The Morgan fingerprint density at radius 3 is 2.72 bits per heavy atom. The molecule has 1 rings (SSSR count). The summed E-state index contributed by atoms with van der Waals surface area (Å²) >= 11 is 0. The summed E-state index contributed by atoms with van der Waals surface area (Å²) in [6.45, 7) is 6.53. The van der Waals surface area contributed by atoms with E-state index >= 15 is 0 Å². The maximum atomic E-state index is 12.0. The van der Waals surface area contributed by atoms with Crippen LogP contribution in [0.3, 0.4) is 0 Å². The Balaban J connectivity index is 2.89. The van der Waals surface area contributed by atoms with Crippen molar-refractivity contribution in [1.29, 1.82) is 0 Å². The summed E-state index contributed by atoms with van der Waals surface area (Å²) in [6, 6.07) is 0. The topological polar surface area (TPSA) is 51.2 Å². The summed E-state index contributed by atoms with van der Waals surface area (Å²) in [5.41, 5.74) is 2.77. The lowest BCUT2D eigenvalue weighted by molar-refractivity contribution is -0.121. The van der Waals surface area contributed by atoms with Gasteiger partial charge in [-0.1, -0.05) is 6.92 Å². The van der Waals surface area contributed by atoms with Gasteiger partial charge in [-0.2, -0.15) is 0 Å². The molecule has 1 heterocycles. The van der Waals surface area contributed by atoms with Crippen LogP contribution in [0.1, 0.15) is 23.7 Å². The lowest BCUT2D eigenvalue weighted by Gasteiger charge is -2.14. The van der Waals surface area contributed by atoms with Gasteiger partial charge in [0.2, 0.25) is 0 Å². The van der Waals surface area contributed by atoms with Gasteiger partial charge in [-0.05, 0) is 20.9 Å². The normalized spacial score (nSPS) is 12.3. The molecule has 1 N–H and O–H groups in total. The summed E-state index contributed by atoms with van der Waals surface area (Å²) in [4.78, 5) is 16.4. The highest BCUT2D eigenvalue weighted by Gasteiger charge is 2.16. The number of Topliss-reactive ketones (excluding diaryl/α,β-unsaturated/α-hetero) is 1. The number of nitrogens with zero attached hydrogens (tertiary/aromatic N) is 1. The van der Waals surface area contributed by atoms with E-state index in [0.29, 0.717) is 13.0 Å². The third kappa shape index (κ3) is 3.29. The highest BCUT2D eigenvalue weighted by atomic mass is 16.5. The minimum Gasteiger partial charge on any atom is -0.496 e. The molecule has 0 bridgehead atoms. The first-order valence-corrected chi connectivity index (χ1v) is 6.17. The number of pyridine rings is 1. The molecular formula is C14H22N2O2. The van der Waals surface area contributed by atoms with Crippen LogP contribution in [-0.4, -0.2) is 31.5 Å². The monoisotopic (exact) mass is 250 g/mol. The second-order valence-corrected chi connectivity index (χ2v) is 4.65. The van der Waals surface area contributed by atoms with Gasteiger partial charge in [0.15, 0.2) is 0 Å². The van der Waals surface area contributed by atoms with E-state index in [2.05, 4.69) is 10.3 Å². The molecule has 0 saturated carbocycles. The lowest BCUT2D eigenvalue weighted by Crippen LogP contribution is -2.25. The molecule has 4 heteroatoms. The van der Waals surface area contributed by atoms with E-state index in [-0.39, 0.29) is 11.7 Å². The Kier molecular flexibility index (Phi) is 5.28. The Morgan fingerprint density at radius 2 is 2.17 bits per heavy atom. The molecular weight excluding hydrogens is 228 g/mol. The summed E-state index contributed by atoms with van der Waals surface area (Å²) in [6.07, 6.45) is 2.13. The second-order valence-electron chi connectivity index (χ2n) is 4.65. The van der Waals surface area contributed by atoms with Crippen LogP contribution in [0.2, 0.25) is 0 Å². The maximum absolute atomic E-state index is 12.0. The number of hydrogen-bond donors (Lipinski definition) is 1. The number of methoxy groups -OCH3 is 1. The Bertz CT molecular complexity index is 430. The molecule has 0 saturated heterocycles. The first-order chi connectivity index (χ1) is 8.51. The van der Waals surface area contributed by atoms with Gasteiger partial charge in [0.25, 0.3) is 0 Å². The molecule has 100 valence electrons. The zero-order chi connectivity index (χ0) is 13.7. The number of carbonyl (C=O) groups excluding carboxylic acids is 1. The van der Waals surface area contributed by atoms with Gasteiger partial charge in [0.1, 0.15) is 11.5 Å². The average Bonchev–Trinajstić information content (AvgIpc) is 2.33. The summed E-state index contributed by atoms with van der Waals surface area (Å²) in [5, 5.41) is 3.01. The minimum atomic E-state index is 0.00324.